The molecule has 0 aliphatic carbocycles. The molecule has 3 aliphatic heterocycles. The molecule has 8 aromatic rings. The van der Waals surface area contributed by atoms with E-state index in [1.54, 1.807) is 106 Å². The fourth-order valence-electron chi connectivity index (χ4n) is 13.4. The van der Waals surface area contributed by atoms with E-state index >= 15 is 17.6 Å². The number of nitrogens with one attached hydrogen (secondary N) is 1. The highest BCUT2D eigenvalue weighted by Gasteiger charge is 2.48. The first-order valence-corrected chi connectivity index (χ1v) is 33.5. The molecular weight excluding hydrogens is 1370 g/mol. The van der Waals surface area contributed by atoms with Crippen LogP contribution in [-0.4, -0.2) is 141 Å². The fraction of sp³-hybridized carbons (Fsp3) is 0.397. The summed E-state index contributed by atoms with van der Waals surface area (Å²) >= 11 is 13.7. The molecule has 4 atom stereocenters. The quantitative estimate of drug-likeness (QED) is 0.0415. The Labute approximate surface area is 594 Å². The number of aryl methyl sites for hydroxylation is 2. The van der Waals surface area contributed by atoms with Crippen molar-refractivity contribution in [3.05, 3.63) is 160 Å². The third-order valence-corrected chi connectivity index (χ3v) is 18.5. The fourth-order valence-corrected chi connectivity index (χ4v) is 14.0. The molecule has 4 aromatic heterocycles. The predicted molar refractivity (Wildman–Crippen MR) is 381 cm³/mol. The van der Waals surface area contributed by atoms with Crippen molar-refractivity contribution >= 4 is 91.8 Å². The maximum atomic E-state index is 17.7. The van der Waals surface area contributed by atoms with Crippen LogP contribution in [0.2, 0.25) is 10.0 Å². The lowest BCUT2D eigenvalue weighted by molar-refractivity contribution is -0.385. The molecule has 0 saturated carbocycles. The van der Waals surface area contributed by atoms with Gasteiger partial charge in [-0.3, -0.25) is 43.6 Å². The van der Waals surface area contributed by atoms with Gasteiger partial charge in [0.1, 0.15) is 57.8 Å². The second-order valence-corrected chi connectivity index (χ2v) is 28.6. The first-order valence-electron chi connectivity index (χ1n) is 32.7. The standard InChI is InChI=1S/C37H40ClF2N5O8.C36H38ClF2N5O5/c1-18(2)29-30(19(3)13-14-41-29)44-31-21(15-22(38)26(28(31)40)27-23(39)11-10-12-25(27)51-8)32(33(34(44)46)45(49)50)43-16-20(4)42(17-24(43)35(47)52-9)36(48)53-37(5,6)7;1-17(2)28-30(18(3)12-13-40-28)44-31-20(14-21(37)25(27(31)39)26-22(38)10-9-11-24(26)48-8)32-29(34(44)46)41-33(45)23-16-42(19(4)15-43(23)32)35(47)49-36(5,6)7/h10-15,18,20,24H,16-17H2,1-9H3;9-14,17,19,23H,15-16H2,1-8H3,(H,41,45)/t20-,24-;19-,23-/m11/s1. The average molecular weight is 1450 g/mol. The average Bonchev–Trinajstić information content (AvgIpc) is 0.712. The lowest BCUT2D eigenvalue weighted by Crippen LogP contribution is -2.65. The smallest absolute Gasteiger partial charge is 0.410 e. The van der Waals surface area contributed by atoms with Crippen molar-refractivity contribution in [1.29, 1.82) is 0 Å². The molecule has 7 heterocycles. The molecule has 2 saturated heterocycles. The maximum Gasteiger partial charge on any atom is 0.410 e. The Bertz CT molecular complexity index is 4900. The number of halogens is 6. The van der Waals surface area contributed by atoms with Crippen LogP contribution >= 0.6 is 23.2 Å². The molecule has 102 heavy (non-hydrogen) atoms. The van der Waals surface area contributed by atoms with E-state index in [1.165, 1.54) is 82.1 Å². The zero-order valence-electron chi connectivity index (χ0n) is 59.3. The molecular formula is C73H78Cl2F4N10O13. The maximum absolute atomic E-state index is 17.7. The summed E-state index contributed by atoms with van der Waals surface area (Å²) in [6, 6.07) is 10.3. The van der Waals surface area contributed by atoms with Gasteiger partial charge in [0.15, 0.2) is 11.6 Å². The van der Waals surface area contributed by atoms with E-state index in [0.29, 0.717) is 28.2 Å². The van der Waals surface area contributed by atoms with Gasteiger partial charge in [-0.2, -0.15) is 0 Å². The molecule has 0 spiro atoms. The molecule has 0 unspecified atom stereocenters. The molecule has 0 radical (unpaired) electrons. The van der Waals surface area contributed by atoms with Crippen LogP contribution in [-0.2, 0) is 23.8 Å². The van der Waals surface area contributed by atoms with Crippen LogP contribution in [0.15, 0.2) is 82.6 Å². The first kappa shape index (κ1) is 74.7. The summed E-state index contributed by atoms with van der Waals surface area (Å²) < 4.78 is 95.4. The van der Waals surface area contributed by atoms with E-state index in [1.807, 2.05) is 13.8 Å². The van der Waals surface area contributed by atoms with Gasteiger partial charge in [-0.05, 0) is 141 Å². The number of nitrogens with zero attached hydrogens (tertiary/aromatic N) is 9. The van der Waals surface area contributed by atoms with Crippen LogP contribution < -0.4 is 35.7 Å². The Morgan fingerprint density at radius 2 is 1.05 bits per heavy atom. The van der Waals surface area contributed by atoms with Crippen LogP contribution in [0.3, 0.4) is 0 Å². The molecule has 11 rings (SSSR count). The van der Waals surface area contributed by atoms with Gasteiger partial charge in [-0.1, -0.05) is 63.0 Å². The van der Waals surface area contributed by atoms with E-state index in [0.717, 1.165) is 17.7 Å². The van der Waals surface area contributed by atoms with E-state index in [2.05, 4.69) is 15.3 Å². The number of nitro groups is 1. The van der Waals surface area contributed by atoms with Crippen molar-refractivity contribution in [2.24, 2.45) is 0 Å². The summed E-state index contributed by atoms with van der Waals surface area (Å²) in [5.41, 5.74) is -4.57. The number of fused-ring (bicyclic) bond motifs is 6. The molecule has 23 nitrogen and oxygen atoms in total. The van der Waals surface area contributed by atoms with Gasteiger partial charge in [-0.25, -0.2) is 31.9 Å². The highest BCUT2D eigenvalue weighted by atomic mass is 35.5. The van der Waals surface area contributed by atoms with Gasteiger partial charge in [0.05, 0.1) is 100.0 Å². The predicted octanol–water partition coefficient (Wildman–Crippen LogP) is 14.5. The van der Waals surface area contributed by atoms with Gasteiger partial charge in [0.25, 0.3) is 5.56 Å². The Balaban J connectivity index is 0.000000220. The molecule has 540 valence electrons. The van der Waals surface area contributed by atoms with Gasteiger partial charge in [0.2, 0.25) is 5.91 Å². The number of rotatable bonds is 11. The number of benzene rings is 4. The second-order valence-electron chi connectivity index (χ2n) is 27.8. The number of hydrogen-bond acceptors (Lipinski definition) is 17. The van der Waals surface area contributed by atoms with Crippen molar-refractivity contribution in [3.63, 3.8) is 0 Å². The number of piperazine rings is 2. The number of ether oxygens (including phenoxy) is 5. The monoisotopic (exact) mass is 1450 g/mol. The molecule has 3 amide bonds. The van der Waals surface area contributed by atoms with Crippen molar-refractivity contribution in [3.8, 4) is 45.1 Å². The summed E-state index contributed by atoms with van der Waals surface area (Å²) in [4.78, 5) is 110. The van der Waals surface area contributed by atoms with Gasteiger partial charge in [0, 0.05) is 59.5 Å². The number of carbonyl (C=O) groups excluding carboxylic acids is 4. The minimum absolute atomic E-state index is 0.0480. The minimum atomic E-state index is -1.43. The van der Waals surface area contributed by atoms with Crippen LogP contribution in [0.1, 0.15) is 117 Å². The van der Waals surface area contributed by atoms with Gasteiger partial charge < -0.3 is 48.6 Å². The number of aromatic nitrogens is 4. The number of methoxy groups -OCH3 is 3. The molecule has 1 N–H and O–H groups in total. The summed E-state index contributed by atoms with van der Waals surface area (Å²) in [5, 5.41) is 15.3. The molecule has 4 aromatic carbocycles. The van der Waals surface area contributed by atoms with E-state index in [-0.39, 0.29) is 110 Å². The molecule has 0 bridgehead atoms. The number of anilines is 3. The summed E-state index contributed by atoms with van der Waals surface area (Å²) in [7, 11) is 3.71. The first-order chi connectivity index (χ1) is 47.9. The van der Waals surface area contributed by atoms with Crippen molar-refractivity contribution in [2.75, 3.05) is 62.6 Å². The van der Waals surface area contributed by atoms with Crippen molar-refractivity contribution in [2.45, 2.75) is 144 Å². The van der Waals surface area contributed by atoms with Crippen LogP contribution in [0.25, 0.3) is 55.4 Å². The topological polar surface area (TPSA) is 252 Å². The third-order valence-electron chi connectivity index (χ3n) is 17.9. The van der Waals surface area contributed by atoms with Crippen molar-refractivity contribution < 1.29 is 65.3 Å². The number of carbonyl (C=O) groups is 4. The lowest BCUT2D eigenvalue weighted by atomic mass is 9.95. The van der Waals surface area contributed by atoms with Crippen LogP contribution in [0.4, 0.5) is 49.9 Å². The summed E-state index contributed by atoms with van der Waals surface area (Å²) in [6.07, 6.45) is 1.78. The SMILES string of the molecule is COC(=O)[C@H]1CN(C(=O)OC(C)(C)C)[C@H](C)CN1c1c([N+](=O)[O-])c(=O)n(-c2c(C)ccnc2C(C)C)c2c(F)c(-c3c(F)cccc3OC)c(Cl)cc12.COc1cccc(F)c1-c1c(Cl)cc2c3c(c(=O)n(-c4c(C)ccnc4C(C)C)c2c1F)NC(=O)[C@H]1CN(C(=O)OC(C)(C)C)[C@H](C)CN31. The summed E-state index contributed by atoms with van der Waals surface area (Å²) in [5.74, 6) is -5.79. The zero-order valence-corrected chi connectivity index (χ0v) is 60.8. The lowest BCUT2D eigenvalue weighted by Gasteiger charge is -2.48. The van der Waals surface area contributed by atoms with Crippen LogP contribution in [0, 0.1) is 47.2 Å². The number of esters is 1. The zero-order chi connectivity index (χ0) is 75.0. The van der Waals surface area contributed by atoms with Crippen molar-refractivity contribution in [1.82, 2.24) is 28.9 Å². The Hall–Kier alpha value is -10.0. The number of pyridine rings is 4. The summed E-state index contributed by atoms with van der Waals surface area (Å²) in [6.45, 7) is 24.0. The van der Waals surface area contributed by atoms with E-state index in [4.69, 9.17) is 46.9 Å². The molecule has 2 fully saturated rings. The highest BCUT2D eigenvalue weighted by molar-refractivity contribution is 6.35. The Morgan fingerprint density at radius 1 is 0.618 bits per heavy atom. The Morgan fingerprint density at radius 3 is 1.47 bits per heavy atom. The molecule has 3 aliphatic rings. The Kier molecular flexibility index (Phi) is 20.8. The van der Waals surface area contributed by atoms with Gasteiger partial charge >= 0.3 is 29.4 Å². The normalized spacial score (nSPS) is 16.9. The van der Waals surface area contributed by atoms with Gasteiger partial charge in [-0.15, -0.1) is 0 Å². The molecule has 29 heteroatoms. The van der Waals surface area contributed by atoms with E-state index in [9.17, 15) is 38.9 Å². The third kappa shape index (κ3) is 13.5. The largest absolute Gasteiger partial charge is 0.496 e. The van der Waals surface area contributed by atoms with E-state index < -0.39 is 121 Å². The van der Waals surface area contributed by atoms with Crippen LogP contribution in [0.5, 0.6) is 11.5 Å². The highest BCUT2D eigenvalue weighted by Crippen LogP contribution is 2.50. The number of hydrogen-bond donors (Lipinski definition) is 1. The number of amides is 3. The minimum Gasteiger partial charge on any atom is -0.496 e. The second kappa shape index (κ2) is 28.4.